The Balaban J connectivity index is 1.72. The summed E-state index contributed by atoms with van der Waals surface area (Å²) in [5.74, 6) is 0.00650. The van der Waals surface area contributed by atoms with Gasteiger partial charge in [-0.05, 0) is 40.5 Å². The Morgan fingerprint density at radius 2 is 1.88 bits per heavy atom. The normalized spacial score (nSPS) is 14.9. The molecular formula is C17H17BrN4O3. The number of hydrogen-bond donors (Lipinski definition) is 0. The predicted octanol–water partition coefficient (Wildman–Crippen LogP) is 3.10. The number of nitrogens with zero attached hydrogens (tertiary/aromatic N) is 4. The molecule has 0 unspecified atom stereocenters. The van der Waals surface area contributed by atoms with Crippen molar-refractivity contribution in [1.82, 2.24) is 9.88 Å². The van der Waals surface area contributed by atoms with E-state index >= 15 is 0 Å². The zero-order valence-corrected chi connectivity index (χ0v) is 15.1. The van der Waals surface area contributed by atoms with Crippen LogP contribution in [0, 0.1) is 10.1 Å². The quantitative estimate of drug-likeness (QED) is 0.579. The average Bonchev–Trinajstić information content (AvgIpc) is 2.87. The third-order valence-electron chi connectivity index (χ3n) is 4.19. The first-order chi connectivity index (χ1) is 12.1. The third kappa shape index (κ3) is 3.96. The number of amides is 1. The Bertz CT molecular complexity index is 785. The van der Waals surface area contributed by atoms with Crippen molar-refractivity contribution < 1.29 is 9.72 Å². The van der Waals surface area contributed by atoms with Gasteiger partial charge in [0.15, 0.2) is 0 Å². The van der Waals surface area contributed by atoms with Crippen LogP contribution >= 0.6 is 15.9 Å². The van der Waals surface area contributed by atoms with Gasteiger partial charge in [-0.15, -0.1) is 0 Å². The second-order valence-corrected chi connectivity index (χ2v) is 6.62. The van der Waals surface area contributed by atoms with Crippen LogP contribution in [0.25, 0.3) is 0 Å². The molecule has 0 atom stereocenters. The molecule has 0 N–H and O–H groups in total. The van der Waals surface area contributed by atoms with Crippen LogP contribution in [0.1, 0.15) is 16.8 Å². The maximum Gasteiger partial charge on any atom is 0.270 e. The van der Waals surface area contributed by atoms with E-state index in [1.54, 1.807) is 30.6 Å². The summed E-state index contributed by atoms with van der Waals surface area (Å²) in [6.45, 7) is 2.75. The van der Waals surface area contributed by atoms with Gasteiger partial charge in [0.25, 0.3) is 11.6 Å². The fourth-order valence-corrected chi connectivity index (χ4v) is 3.52. The van der Waals surface area contributed by atoms with Crippen LogP contribution in [0.5, 0.6) is 0 Å². The van der Waals surface area contributed by atoms with Crippen LogP contribution in [0.3, 0.4) is 0 Å². The SMILES string of the molecule is O=C(c1ccncc1)N1CCCN(c2ccc([N+](=O)[O-])cc2Br)CC1. The van der Waals surface area contributed by atoms with Gasteiger partial charge in [0.05, 0.1) is 10.6 Å². The number of aromatic nitrogens is 1. The number of halogens is 1. The lowest BCUT2D eigenvalue weighted by molar-refractivity contribution is -0.384. The Hall–Kier alpha value is -2.48. The van der Waals surface area contributed by atoms with Gasteiger partial charge in [-0.1, -0.05) is 0 Å². The van der Waals surface area contributed by atoms with Crippen LogP contribution in [0.2, 0.25) is 0 Å². The molecule has 7 nitrogen and oxygen atoms in total. The minimum absolute atomic E-state index is 0.00650. The maximum absolute atomic E-state index is 12.6. The first kappa shape index (κ1) is 17.3. The second-order valence-electron chi connectivity index (χ2n) is 5.76. The van der Waals surface area contributed by atoms with Crippen LogP contribution in [-0.2, 0) is 0 Å². The molecule has 1 aliphatic heterocycles. The van der Waals surface area contributed by atoms with E-state index in [1.807, 2.05) is 4.90 Å². The summed E-state index contributed by atoms with van der Waals surface area (Å²) in [7, 11) is 0. The van der Waals surface area contributed by atoms with E-state index < -0.39 is 4.92 Å². The Morgan fingerprint density at radius 1 is 1.12 bits per heavy atom. The number of carbonyl (C=O) groups excluding carboxylic acids is 1. The van der Waals surface area contributed by atoms with Crippen molar-refractivity contribution in [3.63, 3.8) is 0 Å². The Morgan fingerprint density at radius 3 is 2.56 bits per heavy atom. The molecule has 2 heterocycles. The summed E-state index contributed by atoms with van der Waals surface area (Å²) in [6, 6.07) is 8.21. The number of non-ortho nitro benzene ring substituents is 1. The van der Waals surface area contributed by atoms with Gasteiger partial charge in [0.2, 0.25) is 0 Å². The van der Waals surface area contributed by atoms with Gasteiger partial charge < -0.3 is 9.80 Å². The van der Waals surface area contributed by atoms with Crippen molar-refractivity contribution in [2.45, 2.75) is 6.42 Å². The summed E-state index contributed by atoms with van der Waals surface area (Å²) < 4.78 is 0.690. The summed E-state index contributed by atoms with van der Waals surface area (Å²) >= 11 is 3.42. The molecule has 0 spiro atoms. The van der Waals surface area contributed by atoms with Gasteiger partial charge in [0.1, 0.15) is 0 Å². The van der Waals surface area contributed by atoms with Gasteiger partial charge in [-0.25, -0.2) is 0 Å². The fourth-order valence-electron chi connectivity index (χ4n) is 2.90. The predicted molar refractivity (Wildman–Crippen MR) is 97.8 cm³/mol. The van der Waals surface area contributed by atoms with Crippen LogP contribution in [0.4, 0.5) is 11.4 Å². The molecule has 1 fully saturated rings. The minimum Gasteiger partial charge on any atom is -0.369 e. The maximum atomic E-state index is 12.6. The largest absolute Gasteiger partial charge is 0.369 e. The summed E-state index contributed by atoms with van der Waals surface area (Å²) in [6.07, 6.45) is 4.07. The molecule has 3 rings (SSSR count). The van der Waals surface area contributed by atoms with E-state index in [-0.39, 0.29) is 11.6 Å². The van der Waals surface area contributed by atoms with E-state index in [2.05, 4.69) is 25.8 Å². The van der Waals surface area contributed by atoms with Gasteiger partial charge in [-0.3, -0.25) is 19.9 Å². The topological polar surface area (TPSA) is 79.6 Å². The van der Waals surface area contributed by atoms with E-state index in [0.717, 1.165) is 18.7 Å². The molecule has 2 aromatic rings. The molecule has 0 radical (unpaired) electrons. The highest BCUT2D eigenvalue weighted by atomic mass is 79.9. The van der Waals surface area contributed by atoms with Crippen molar-refractivity contribution in [2.24, 2.45) is 0 Å². The molecule has 1 aromatic heterocycles. The van der Waals surface area contributed by atoms with E-state index in [9.17, 15) is 14.9 Å². The summed E-state index contributed by atoms with van der Waals surface area (Å²) in [5.41, 5.74) is 1.60. The van der Waals surface area contributed by atoms with E-state index in [0.29, 0.717) is 29.7 Å². The molecular weight excluding hydrogens is 388 g/mol. The third-order valence-corrected chi connectivity index (χ3v) is 4.83. The molecule has 25 heavy (non-hydrogen) atoms. The second kappa shape index (κ2) is 7.60. The highest BCUT2D eigenvalue weighted by Gasteiger charge is 2.22. The minimum atomic E-state index is -0.411. The van der Waals surface area contributed by atoms with Crippen LogP contribution in [-0.4, -0.2) is 46.9 Å². The number of pyridine rings is 1. The zero-order valence-electron chi connectivity index (χ0n) is 13.5. The van der Waals surface area contributed by atoms with Gasteiger partial charge >= 0.3 is 0 Å². The lowest BCUT2D eigenvalue weighted by atomic mass is 10.2. The number of carbonyl (C=O) groups is 1. The molecule has 0 saturated carbocycles. The lowest BCUT2D eigenvalue weighted by Crippen LogP contribution is -2.35. The number of nitro groups is 1. The van der Waals surface area contributed by atoms with Crippen molar-refractivity contribution in [3.05, 3.63) is 62.9 Å². The van der Waals surface area contributed by atoms with Crippen molar-refractivity contribution >= 4 is 33.2 Å². The summed E-state index contributed by atoms with van der Waals surface area (Å²) in [4.78, 5) is 31.0. The Kier molecular flexibility index (Phi) is 5.28. The van der Waals surface area contributed by atoms with Crippen LogP contribution < -0.4 is 4.90 Å². The van der Waals surface area contributed by atoms with Crippen LogP contribution in [0.15, 0.2) is 47.2 Å². The highest BCUT2D eigenvalue weighted by molar-refractivity contribution is 9.10. The molecule has 0 bridgehead atoms. The smallest absolute Gasteiger partial charge is 0.270 e. The molecule has 8 heteroatoms. The molecule has 1 aromatic carbocycles. The lowest BCUT2D eigenvalue weighted by Gasteiger charge is -2.24. The average molecular weight is 405 g/mol. The molecule has 130 valence electrons. The zero-order chi connectivity index (χ0) is 17.8. The first-order valence-electron chi connectivity index (χ1n) is 7.94. The fraction of sp³-hybridized carbons (Fsp3) is 0.294. The van der Waals surface area contributed by atoms with Crippen molar-refractivity contribution in [2.75, 3.05) is 31.1 Å². The van der Waals surface area contributed by atoms with E-state index in [4.69, 9.17) is 0 Å². The summed E-state index contributed by atoms with van der Waals surface area (Å²) in [5, 5.41) is 10.9. The molecule has 1 amide bonds. The highest BCUT2D eigenvalue weighted by Crippen LogP contribution is 2.30. The van der Waals surface area contributed by atoms with Crippen molar-refractivity contribution in [3.8, 4) is 0 Å². The Labute approximate surface area is 153 Å². The van der Waals surface area contributed by atoms with E-state index in [1.165, 1.54) is 12.1 Å². The monoisotopic (exact) mass is 404 g/mol. The van der Waals surface area contributed by atoms with Gasteiger partial charge in [-0.2, -0.15) is 0 Å². The number of anilines is 1. The molecule has 0 aliphatic carbocycles. The van der Waals surface area contributed by atoms with Crippen molar-refractivity contribution in [1.29, 1.82) is 0 Å². The number of hydrogen-bond acceptors (Lipinski definition) is 5. The number of benzene rings is 1. The molecule has 1 saturated heterocycles. The number of nitro benzene ring substituents is 1. The first-order valence-corrected chi connectivity index (χ1v) is 8.74. The standard InChI is InChI=1S/C17H17BrN4O3/c18-15-12-14(22(24)25)2-3-16(15)20-8-1-9-21(11-10-20)17(23)13-4-6-19-7-5-13/h2-7,12H,1,8-11H2. The van der Waals surface area contributed by atoms with Gasteiger partial charge in [0, 0.05) is 60.7 Å². The molecule has 1 aliphatic rings. The number of rotatable bonds is 3.